The van der Waals surface area contributed by atoms with E-state index in [4.69, 9.17) is 0 Å². The van der Waals surface area contributed by atoms with Crippen molar-refractivity contribution in [3.05, 3.63) is 48.3 Å². The van der Waals surface area contributed by atoms with Gasteiger partial charge in [0.2, 0.25) is 0 Å². The number of amides is 2. The Kier molecular flexibility index (Phi) is 8.52. The number of carbonyl (C=O) groups is 1. The Bertz CT molecular complexity index is 847. The van der Waals surface area contributed by atoms with E-state index in [2.05, 4.69) is 15.6 Å². The topological polar surface area (TPSA) is 100 Å². The number of pyridine rings is 1. The first kappa shape index (κ1) is 22.1. The third kappa shape index (κ3) is 6.68. The third-order valence-electron chi connectivity index (χ3n) is 3.02. The first-order chi connectivity index (χ1) is 11.3. The van der Waals surface area contributed by atoms with E-state index in [-0.39, 0.29) is 63.7 Å². The Morgan fingerprint density at radius 1 is 1.24 bits per heavy atom. The molecule has 130 valence electrons. The maximum Gasteiger partial charge on any atom is 1.00 e. The first-order valence-electron chi connectivity index (χ1n) is 7.39. The van der Waals surface area contributed by atoms with Crippen molar-refractivity contribution in [3.8, 4) is 0 Å². The number of aryl methyl sites for hydroxylation is 1. The molecule has 0 radical (unpaired) electrons. The van der Waals surface area contributed by atoms with Crippen LogP contribution in [-0.2, 0) is 10.0 Å². The number of rotatable bonds is 5. The molecule has 1 aromatic carbocycles. The summed E-state index contributed by atoms with van der Waals surface area (Å²) in [6.07, 6.45) is 2.68. The van der Waals surface area contributed by atoms with Crippen LogP contribution in [-0.4, -0.2) is 25.5 Å². The predicted octanol–water partition coefficient (Wildman–Crippen LogP) is -0.354. The molecule has 2 rings (SSSR count). The summed E-state index contributed by atoms with van der Waals surface area (Å²) in [6, 6.07) is 8.08. The molecular weight excluding hydrogens is 367 g/mol. The van der Waals surface area contributed by atoms with E-state index < -0.39 is 16.1 Å². The van der Waals surface area contributed by atoms with Crippen molar-refractivity contribution in [2.24, 2.45) is 0 Å². The molecule has 0 aliphatic heterocycles. The van der Waals surface area contributed by atoms with Crippen molar-refractivity contribution in [3.63, 3.8) is 0 Å². The molecule has 0 saturated heterocycles. The van der Waals surface area contributed by atoms with Gasteiger partial charge in [-0.05, 0) is 44.5 Å². The largest absolute Gasteiger partial charge is 1.00 e. The van der Waals surface area contributed by atoms with Gasteiger partial charge in [0.25, 0.3) is 10.0 Å². The second-order valence-corrected chi connectivity index (χ2v) is 7.25. The fraction of sp³-hybridized carbons (Fsp3) is 0.250. The molecule has 25 heavy (non-hydrogen) atoms. The summed E-state index contributed by atoms with van der Waals surface area (Å²) >= 11 is 0. The maximum atomic E-state index is 12.5. The van der Waals surface area contributed by atoms with E-state index in [0.29, 0.717) is 5.69 Å². The van der Waals surface area contributed by atoms with E-state index in [1.807, 2.05) is 35.9 Å². The van der Waals surface area contributed by atoms with Gasteiger partial charge in [-0.2, -0.15) is 0 Å². The minimum Gasteiger partial charge on any atom is -1.00 e. The molecule has 0 spiro atoms. The molecule has 2 amide bonds. The van der Waals surface area contributed by atoms with E-state index in [0.717, 1.165) is 11.3 Å². The van der Waals surface area contributed by atoms with Crippen molar-refractivity contribution < 1.29 is 66.0 Å². The number of carbonyl (C=O) groups excluding carboxylic acids is 1. The van der Waals surface area contributed by atoms with Gasteiger partial charge in [0.15, 0.2) is 0 Å². The Hall–Kier alpha value is -0.974. The van der Waals surface area contributed by atoms with Crippen LogP contribution < -0.4 is 66.7 Å². The first-order valence-corrected chi connectivity index (χ1v) is 8.87. The van der Waals surface area contributed by atoms with Gasteiger partial charge in [0.1, 0.15) is 4.90 Å². The van der Waals surface area contributed by atoms with Gasteiger partial charge >= 0.3 is 57.4 Å². The molecule has 9 heteroatoms. The number of nitrogens with zero attached hydrogens (tertiary/aromatic N) is 1. The van der Waals surface area contributed by atoms with Crippen LogP contribution in [0.3, 0.4) is 0 Å². The molecule has 0 saturated carbocycles. The molecule has 0 fully saturated rings. The Morgan fingerprint density at radius 3 is 2.60 bits per heavy atom. The summed E-state index contributed by atoms with van der Waals surface area (Å²) in [5, 5.41) is 5.52. The summed E-state index contributed by atoms with van der Waals surface area (Å²) in [6.45, 7) is 5.41. The summed E-state index contributed by atoms with van der Waals surface area (Å²) < 4.78 is 26.9. The van der Waals surface area contributed by atoms with Crippen LogP contribution in [0.15, 0.2) is 47.6 Å². The van der Waals surface area contributed by atoms with Crippen LogP contribution in [0.1, 0.15) is 20.8 Å². The second kappa shape index (κ2) is 9.65. The molecule has 0 atom stereocenters. The summed E-state index contributed by atoms with van der Waals surface area (Å²) in [5.41, 5.74) is 2.11. The number of nitrogens with one attached hydrogen (secondary N) is 3. The van der Waals surface area contributed by atoms with Crippen molar-refractivity contribution >= 4 is 27.4 Å². The molecule has 2 aromatic rings. The Morgan fingerprint density at radius 2 is 1.96 bits per heavy atom. The zero-order valence-electron chi connectivity index (χ0n) is 15.7. The minimum absolute atomic E-state index is 0. The number of sulfonamides is 1. The smallest absolute Gasteiger partial charge is 1.00 e. The van der Waals surface area contributed by atoms with Gasteiger partial charge in [-0.25, -0.2) is 17.9 Å². The van der Waals surface area contributed by atoms with Crippen LogP contribution in [0.5, 0.6) is 0 Å². The van der Waals surface area contributed by atoms with Gasteiger partial charge < -0.3 is 12.1 Å². The van der Waals surface area contributed by atoms with Crippen LogP contribution in [0.25, 0.3) is 0 Å². The summed E-state index contributed by atoms with van der Waals surface area (Å²) in [7, 11) is -4.05. The minimum atomic E-state index is -4.05. The quantitative estimate of drug-likeness (QED) is 0.608. The average Bonchev–Trinajstić information content (AvgIpc) is 2.46. The summed E-state index contributed by atoms with van der Waals surface area (Å²) in [4.78, 5) is 15.5. The van der Waals surface area contributed by atoms with Crippen molar-refractivity contribution in [2.45, 2.75) is 31.7 Å². The Labute approximate surface area is 192 Å². The molecule has 0 aliphatic carbocycles. The molecule has 3 N–H and O–H groups in total. The number of benzene rings is 1. The molecule has 0 bridgehead atoms. The monoisotopic (exact) mass is 388 g/mol. The number of hydrogen-bond acceptors (Lipinski definition) is 5. The van der Waals surface area contributed by atoms with Gasteiger partial charge in [0.05, 0.1) is 5.69 Å². The molecule has 1 heterocycles. The standard InChI is InChI=1S/C16H20N4O3S.K.H/c1-11(2)18-16(21)20-24(22,23)15-10-17-8-7-14(15)19-13-6-4-5-12(3)9-13;;/h4-11H,1-3H3,(H,17,19)(H2,18,20,21);;/q;+1;-1. The van der Waals surface area contributed by atoms with Crippen molar-refractivity contribution in [1.29, 1.82) is 0 Å². The van der Waals surface area contributed by atoms with E-state index in [1.165, 1.54) is 18.5 Å². The van der Waals surface area contributed by atoms with Gasteiger partial charge in [-0.3, -0.25) is 4.98 Å². The number of anilines is 2. The fourth-order valence-electron chi connectivity index (χ4n) is 2.04. The second-order valence-electron chi connectivity index (χ2n) is 5.60. The van der Waals surface area contributed by atoms with Crippen LogP contribution >= 0.6 is 0 Å². The van der Waals surface area contributed by atoms with Gasteiger partial charge in [-0.1, -0.05) is 12.1 Å². The van der Waals surface area contributed by atoms with Crippen LogP contribution in [0.2, 0.25) is 0 Å². The van der Waals surface area contributed by atoms with E-state index in [1.54, 1.807) is 13.8 Å². The molecular formula is C16H21KN4O3S. The van der Waals surface area contributed by atoms with Crippen LogP contribution in [0, 0.1) is 6.92 Å². The SMILES string of the molecule is Cc1cccc(Nc2ccncc2S(=O)(=O)NC(=O)NC(C)C)c1.[H-].[K+]. The third-order valence-corrected chi connectivity index (χ3v) is 4.38. The summed E-state index contributed by atoms with van der Waals surface area (Å²) in [5.74, 6) is 0. The van der Waals surface area contributed by atoms with E-state index >= 15 is 0 Å². The average molecular weight is 389 g/mol. The molecule has 7 nitrogen and oxygen atoms in total. The van der Waals surface area contributed by atoms with Crippen LogP contribution in [0.4, 0.5) is 16.2 Å². The molecule has 1 aromatic heterocycles. The van der Waals surface area contributed by atoms with E-state index in [9.17, 15) is 13.2 Å². The van der Waals surface area contributed by atoms with Crippen molar-refractivity contribution in [1.82, 2.24) is 15.0 Å². The molecule has 0 unspecified atom stereocenters. The fourth-order valence-corrected chi connectivity index (χ4v) is 3.07. The molecule has 0 aliphatic rings. The van der Waals surface area contributed by atoms with Crippen molar-refractivity contribution in [2.75, 3.05) is 5.32 Å². The zero-order chi connectivity index (χ0) is 17.7. The zero-order valence-corrected chi connectivity index (χ0v) is 18.6. The number of urea groups is 1. The normalized spacial score (nSPS) is 10.7. The van der Waals surface area contributed by atoms with Gasteiger partial charge in [-0.15, -0.1) is 0 Å². The predicted molar refractivity (Wildman–Crippen MR) is 93.8 cm³/mol. The number of aromatic nitrogens is 1. The number of hydrogen-bond donors (Lipinski definition) is 3. The maximum absolute atomic E-state index is 12.5. The van der Waals surface area contributed by atoms with Gasteiger partial charge in [0, 0.05) is 24.1 Å². The Balaban J connectivity index is 0.00000312.